The number of hydrogen-bond donors (Lipinski definition) is 0. The molecule has 2 aromatic rings. The molecule has 0 aliphatic carbocycles. The van der Waals surface area contributed by atoms with E-state index in [9.17, 15) is 4.79 Å². The van der Waals surface area contributed by atoms with Crippen molar-refractivity contribution in [2.24, 2.45) is 0 Å². The number of methoxy groups -OCH3 is 1. The maximum atomic E-state index is 12.4. The van der Waals surface area contributed by atoms with E-state index < -0.39 is 0 Å². The lowest BCUT2D eigenvalue weighted by Gasteiger charge is -2.19. The van der Waals surface area contributed by atoms with Gasteiger partial charge in [0.25, 0.3) is 0 Å². The van der Waals surface area contributed by atoms with Crippen molar-refractivity contribution in [1.29, 1.82) is 0 Å². The molecule has 1 aromatic heterocycles. The average molecular weight is 332 g/mol. The summed E-state index contributed by atoms with van der Waals surface area (Å²) in [5, 5.41) is 8.68. The van der Waals surface area contributed by atoms with Crippen molar-refractivity contribution >= 4 is 17.7 Å². The van der Waals surface area contributed by atoms with Gasteiger partial charge in [-0.2, -0.15) is 0 Å². The third-order valence-corrected chi connectivity index (χ3v) is 4.94. The highest BCUT2D eigenvalue weighted by atomic mass is 32.2. The molecule has 1 fully saturated rings. The number of carbonyl (C=O) groups excluding carboxylic acids is 1. The first-order valence-corrected chi connectivity index (χ1v) is 8.57. The van der Waals surface area contributed by atoms with Gasteiger partial charge in [0.05, 0.1) is 18.0 Å². The lowest BCUT2D eigenvalue weighted by molar-refractivity contribution is -0.129. The topological polar surface area (TPSA) is 60.2 Å². The molecule has 7 heteroatoms. The standard InChI is InChI=1S/C16H20N4O2S/c1-12(15(21)19-8-3-4-9-19)23-16-18-17-11-20(16)13-6-5-7-14(10-13)22-2/h5-7,10-12H,3-4,8-9H2,1-2H3. The summed E-state index contributed by atoms with van der Waals surface area (Å²) in [6, 6.07) is 7.69. The van der Waals surface area contributed by atoms with E-state index in [1.807, 2.05) is 40.7 Å². The number of likely N-dealkylation sites (tertiary alicyclic amines) is 1. The van der Waals surface area contributed by atoms with Crippen LogP contribution in [-0.4, -0.2) is 51.0 Å². The Morgan fingerprint density at radius 1 is 1.35 bits per heavy atom. The third-order valence-electron chi connectivity index (χ3n) is 3.90. The van der Waals surface area contributed by atoms with Gasteiger partial charge in [0.2, 0.25) is 5.91 Å². The molecule has 1 amide bonds. The van der Waals surface area contributed by atoms with Crippen LogP contribution in [-0.2, 0) is 4.79 Å². The zero-order chi connectivity index (χ0) is 16.2. The van der Waals surface area contributed by atoms with Gasteiger partial charge in [-0.1, -0.05) is 17.8 Å². The van der Waals surface area contributed by atoms with Gasteiger partial charge in [0.15, 0.2) is 5.16 Å². The van der Waals surface area contributed by atoms with Gasteiger partial charge >= 0.3 is 0 Å². The second-order valence-corrected chi connectivity index (χ2v) is 6.79. The fourth-order valence-electron chi connectivity index (χ4n) is 2.65. The van der Waals surface area contributed by atoms with Crippen molar-refractivity contribution < 1.29 is 9.53 Å². The summed E-state index contributed by atoms with van der Waals surface area (Å²) in [5.41, 5.74) is 0.915. The minimum absolute atomic E-state index is 0.174. The highest BCUT2D eigenvalue weighted by molar-refractivity contribution is 8.00. The van der Waals surface area contributed by atoms with Gasteiger partial charge in [-0.15, -0.1) is 10.2 Å². The summed E-state index contributed by atoms with van der Waals surface area (Å²) in [6.07, 6.45) is 3.86. The molecule has 122 valence electrons. The number of benzene rings is 1. The predicted octanol–water partition coefficient (Wildman–Crippen LogP) is 2.38. The maximum Gasteiger partial charge on any atom is 0.235 e. The van der Waals surface area contributed by atoms with E-state index in [2.05, 4.69) is 10.2 Å². The molecule has 0 saturated carbocycles. The molecule has 23 heavy (non-hydrogen) atoms. The van der Waals surface area contributed by atoms with Crippen LogP contribution < -0.4 is 4.74 Å². The normalized spacial score (nSPS) is 15.7. The molecule has 0 radical (unpaired) electrons. The minimum Gasteiger partial charge on any atom is -0.497 e. The molecule has 1 saturated heterocycles. The summed E-state index contributed by atoms with van der Waals surface area (Å²) < 4.78 is 7.13. The number of amides is 1. The van der Waals surface area contributed by atoms with Crippen LogP contribution in [0.4, 0.5) is 0 Å². The van der Waals surface area contributed by atoms with Crippen LogP contribution in [0.15, 0.2) is 35.7 Å². The first-order valence-electron chi connectivity index (χ1n) is 7.69. The van der Waals surface area contributed by atoms with Crippen LogP contribution in [0.1, 0.15) is 19.8 Å². The molecular formula is C16H20N4O2S. The second kappa shape index (κ2) is 7.04. The van der Waals surface area contributed by atoms with Crippen molar-refractivity contribution in [2.45, 2.75) is 30.2 Å². The van der Waals surface area contributed by atoms with Crippen molar-refractivity contribution in [3.8, 4) is 11.4 Å². The van der Waals surface area contributed by atoms with E-state index in [1.165, 1.54) is 11.8 Å². The SMILES string of the molecule is COc1cccc(-n2cnnc2SC(C)C(=O)N2CCCC2)c1. The van der Waals surface area contributed by atoms with Crippen LogP contribution in [0.5, 0.6) is 5.75 Å². The lowest BCUT2D eigenvalue weighted by Crippen LogP contribution is -2.34. The molecule has 2 heterocycles. The maximum absolute atomic E-state index is 12.4. The fraction of sp³-hybridized carbons (Fsp3) is 0.438. The fourth-order valence-corrected chi connectivity index (χ4v) is 3.57. The Labute approximate surface area is 139 Å². The van der Waals surface area contributed by atoms with Gasteiger partial charge in [-0.05, 0) is 31.9 Å². The summed E-state index contributed by atoms with van der Waals surface area (Å²) in [5.74, 6) is 0.945. The summed E-state index contributed by atoms with van der Waals surface area (Å²) in [7, 11) is 1.64. The van der Waals surface area contributed by atoms with E-state index in [1.54, 1.807) is 13.4 Å². The molecule has 1 unspecified atom stereocenters. The van der Waals surface area contributed by atoms with E-state index in [4.69, 9.17) is 4.74 Å². The third kappa shape index (κ3) is 3.50. The average Bonchev–Trinajstić information content (AvgIpc) is 3.25. The Morgan fingerprint density at radius 3 is 2.87 bits per heavy atom. The van der Waals surface area contributed by atoms with E-state index in [0.717, 1.165) is 37.4 Å². The van der Waals surface area contributed by atoms with Crippen molar-refractivity contribution in [1.82, 2.24) is 19.7 Å². The lowest BCUT2D eigenvalue weighted by atomic mass is 10.3. The number of hydrogen-bond acceptors (Lipinski definition) is 5. The number of carbonyl (C=O) groups is 1. The number of thioether (sulfide) groups is 1. The zero-order valence-corrected chi connectivity index (χ0v) is 14.1. The monoisotopic (exact) mass is 332 g/mol. The highest BCUT2D eigenvalue weighted by Crippen LogP contribution is 2.27. The van der Waals surface area contributed by atoms with Gasteiger partial charge in [-0.25, -0.2) is 0 Å². The Kier molecular flexibility index (Phi) is 4.85. The van der Waals surface area contributed by atoms with Gasteiger partial charge in [-0.3, -0.25) is 9.36 Å². The summed E-state index contributed by atoms with van der Waals surface area (Å²) in [6.45, 7) is 3.66. The second-order valence-electron chi connectivity index (χ2n) is 5.48. The van der Waals surface area contributed by atoms with Crippen LogP contribution in [0.3, 0.4) is 0 Å². The quantitative estimate of drug-likeness (QED) is 0.787. The zero-order valence-electron chi connectivity index (χ0n) is 13.3. The van der Waals surface area contributed by atoms with Crippen molar-refractivity contribution in [2.75, 3.05) is 20.2 Å². The molecule has 1 aliphatic rings. The van der Waals surface area contributed by atoms with Crippen LogP contribution in [0, 0.1) is 0 Å². The molecule has 3 rings (SSSR count). The van der Waals surface area contributed by atoms with Gasteiger partial charge < -0.3 is 9.64 Å². The van der Waals surface area contributed by atoms with E-state index in [0.29, 0.717) is 5.16 Å². The Hall–Kier alpha value is -2.02. The molecule has 1 aromatic carbocycles. The molecular weight excluding hydrogens is 312 g/mol. The first-order chi connectivity index (χ1) is 11.2. The molecule has 1 atom stereocenters. The first kappa shape index (κ1) is 15.9. The molecule has 0 bridgehead atoms. The predicted molar refractivity (Wildman–Crippen MR) is 89.0 cm³/mol. The molecule has 0 spiro atoms. The number of rotatable bonds is 5. The van der Waals surface area contributed by atoms with Gasteiger partial charge in [0.1, 0.15) is 12.1 Å². The molecule has 6 nitrogen and oxygen atoms in total. The summed E-state index contributed by atoms with van der Waals surface area (Å²) in [4.78, 5) is 14.4. The minimum atomic E-state index is -0.179. The van der Waals surface area contributed by atoms with Crippen molar-refractivity contribution in [3.05, 3.63) is 30.6 Å². The van der Waals surface area contributed by atoms with Crippen LogP contribution >= 0.6 is 11.8 Å². The van der Waals surface area contributed by atoms with Crippen molar-refractivity contribution in [3.63, 3.8) is 0 Å². The molecule has 0 N–H and O–H groups in total. The number of aromatic nitrogens is 3. The number of nitrogens with zero attached hydrogens (tertiary/aromatic N) is 4. The number of ether oxygens (including phenoxy) is 1. The Balaban J connectivity index is 1.76. The van der Waals surface area contributed by atoms with Crippen LogP contribution in [0.2, 0.25) is 0 Å². The largest absolute Gasteiger partial charge is 0.497 e. The smallest absolute Gasteiger partial charge is 0.235 e. The Morgan fingerprint density at radius 2 is 2.13 bits per heavy atom. The van der Waals surface area contributed by atoms with E-state index >= 15 is 0 Å². The van der Waals surface area contributed by atoms with Gasteiger partial charge in [0, 0.05) is 19.2 Å². The van der Waals surface area contributed by atoms with Crippen LogP contribution in [0.25, 0.3) is 5.69 Å². The highest BCUT2D eigenvalue weighted by Gasteiger charge is 2.25. The Bertz CT molecular complexity index is 682. The van der Waals surface area contributed by atoms with E-state index in [-0.39, 0.29) is 11.2 Å². The summed E-state index contributed by atoms with van der Waals surface area (Å²) >= 11 is 1.44. The molecule has 1 aliphatic heterocycles.